The molecular weight excluding hydrogens is 427 g/mol. The fourth-order valence-electron chi connectivity index (χ4n) is 2.68. The number of hydrogen-bond acceptors (Lipinski definition) is 7. The first kappa shape index (κ1) is 22.4. The summed E-state index contributed by atoms with van der Waals surface area (Å²) < 4.78 is 69.5. The largest absolute Gasteiger partial charge is 0.454 e. The molecule has 1 aliphatic heterocycles. The number of anilines is 3. The summed E-state index contributed by atoms with van der Waals surface area (Å²) >= 11 is 0. The van der Waals surface area contributed by atoms with E-state index in [1.54, 1.807) is 7.05 Å². The van der Waals surface area contributed by atoms with Crippen LogP contribution in [0, 0.1) is 0 Å². The van der Waals surface area contributed by atoms with Crippen molar-refractivity contribution >= 4 is 23.5 Å². The summed E-state index contributed by atoms with van der Waals surface area (Å²) in [6.07, 6.45) is -4.62. The lowest BCUT2D eigenvalue weighted by atomic mass is 10.1. The molecule has 3 rings (SSSR count). The van der Waals surface area contributed by atoms with E-state index in [4.69, 9.17) is 0 Å². The number of hydrogen-bond donors (Lipinski definition) is 1. The van der Waals surface area contributed by atoms with Gasteiger partial charge in [0, 0.05) is 38.3 Å². The Morgan fingerprint density at radius 2 is 1.87 bits per heavy atom. The molecule has 1 N–H and O–H groups in total. The summed E-state index contributed by atoms with van der Waals surface area (Å²) in [5.41, 5.74) is -0.0858. The number of likely N-dealkylation sites (N-methyl/N-ethyl adjacent to an activating group) is 1. The molecule has 0 saturated carbocycles. The number of alkyl halides is 5. The lowest BCUT2D eigenvalue weighted by Gasteiger charge is -2.32. The minimum Gasteiger partial charge on any atom is -0.454 e. The van der Waals surface area contributed by atoms with E-state index in [1.807, 2.05) is 0 Å². The maximum atomic E-state index is 13.6. The SMILES string of the molecule is CN1CCN(c2nc(Nc3cccc(C(C)(F)F)c3)nc(OCC(F)(F)F)n2)CC1=O. The smallest absolute Gasteiger partial charge is 0.422 e. The van der Waals surface area contributed by atoms with Gasteiger partial charge in [-0.25, -0.2) is 8.78 Å². The van der Waals surface area contributed by atoms with Crippen molar-refractivity contribution in [1.29, 1.82) is 0 Å². The molecule has 1 aromatic heterocycles. The highest BCUT2D eigenvalue weighted by molar-refractivity contribution is 5.82. The van der Waals surface area contributed by atoms with Crippen molar-refractivity contribution in [2.24, 2.45) is 0 Å². The molecule has 1 amide bonds. The summed E-state index contributed by atoms with van der Waals surface area (Å²) in [7, 11) is 1.62. The van der Waals surface area contributed by atoms with Crippen molar-refractivity contribution in [1.82, 2.24) is 19.9 Å². The van der Waals surface area contributed by atoms with Gasteiger partial charge in [-0.3, -0.25) is 4.79 Å². The van der Waals surface area contributed by atoms with Crippen LogP contribution in [0.4, 0.5) is 39.5 Å². The van der Waals surface area contributed by atoms with Gasteiger partial charge in [-0.2, -0.15) is 28.1 Å². The minimum atomic E-state index is -4.62. The molecule has 1 aliphatic rings. The van der Waals surface area contributed by atoms with Gasteiger partial charge in [-0.05, 0) is 12.1 Å². The second kappa shape index (κ2) is 8.47. The van der Waals surface area contributed by atoms with Crippen molar-refractivity contribution in [2.45, 2.75) is 19.0 Å². The summed E-state index contributed by atoms with van der Waals surface area (Å²) in [5.74, 6) is -3.61. The predicted octanol–water partition coefficient (Wildman–Crippen LogP) is 2.95. The fraction of sp³-hybridized carbons (Fsp3) is 0.444. The Hall–Kier alpha value is -3.25. The van der Waals surface area contributed by atoms with Gasteiger partial charge in [0.25, 0.3) is 5.92 Å². The van der Waals surface area contributed by atoms with Gasteiger partial charge in [0.15, 0.2) is 6.61 Å². The highest BCUT2D eigenvalue weighted by atomic mass is 19.4. The average molecular weight is 446 g/mol. The van der Waals surface area contributed by atoms with E-state index in [9.17, 15) is 26.7 Å². The van der Waals surface area contributed by atoms with Crippen molar-refractivity contribution in [3.8, 4) is 6.01 Å². The second-order valence-electron chi connectivity index (χ2n) is 6.98. The van der Waals surface area contributed by atoms with Gasteiger partial charge < -0.3 is 19.9 Å². The summed E-state index contributed by atoms with van der Waals surface area (Å²) in [4.78, 5) is 26.7. The van der Waals surface area contributed by atoms with Crippen molar-refractivity contribution in [3.63, 3.8) is 0 Å². The van der Waals surface area contributed by atoms with E-state index < -0.39 is 24.7 Å². The van der Waals surface area contributed by atoms with Crippen LogP contribution < -0.4 is 15.0 Å². The van der Waals surface area contributed by atoms with Crippen LogP contribution >= 0.6 is 0 Å². The predicted molar refractivity (Wildman–Crippen MR) is 101 cm³/mol. The molecule has 0 spiro atoms. The van der Waals surface area contributed by atoms with Gasteiger partial charge in [-0.15, -0.1) is 0 Å². The lowest BCUT2D eigenvalue weighted by molar-refractivity contribution is -0.154. The topological polar surface area (TPSA) is 83.5 Å². The van der Waals surface area contributed by atoms with E-state index in [1.165, 1.54) is 34.1 Å². The maximum absolute atomic E-state index is 13.6. The van der Waals surface area contributed by atoms with Crippen molar-refractivity contribution in [3.05, 3.63) is 29.8 Å². The van der Waals surface area contributed by atoms with Gasteiger partial charge in [0.05, 0.1) is 6.54 Å². The van der Waals surface area contributed by atoms with Crippen LogP contribution in [0.1, 0.15) is 12.5 Å². The molecule has 1 aromatic carbocycles. The molecule has 0 bridgehead atoms. The first-order valence-electron chi connectivity index (χ1n) is 9.11. The molecule has 0 unspecified atom stereocenters. The third kappa shape index (κ3) is 6.12. The fourth-order valence-corrected chi connectivity index (χ4v) is 2.68. The number of nitrogens with one attached hydrogen (secondary N) is 1. The number of halogens is 5. The van der Waals surface area contributed by atoms with E-state index >= 15 is 0 Å². The summed E-state index contributed by atoms with van der Waals surface area (Å²) in [6, 6.07) is 4.64. The Morgan fingerprint density at radius 3 is 2.52 bits per heavy atom. The quantitative estimate of drug-likeness (QED) is 0.684. The van der Waals surface area contributed by atoms with Gasteiger partial charge in [0.1, 0.15) is 0 Å². The normalized spacial score (nSPS) is 15.3. The van der Waals surface area contributed by atoms with Crippen LogP contribution in [0.3, 0.4) is 0 Å². The number of nitrogens with zero attached hydrogens (tertiary/aromatic N) is 5. The van der Waals surface area contributed by atoms with Crippen molar-refractivity contribution in [2.75, 3.05) is 43.5 Å². The number of aromatic nitrogens is 3. The molecule has 0 atom stereocenters. The van der Waals surface area contributed by atoms with Crippen LogP contribution in [0.25, 0.3) is 0 Å². The van der Waals surface area contributed by atoms with Crippen LogP contribution in [0.2, 0.25) is 0 Å². The molecule has 13 heteroatoms. The average Bonchev–Trinajstić information content (AvgIpc) is 2.67. The lowest BCUT2D eigenvalue weighted by Crippen LogP contribution is -2.49. The van der Waals surface area contributed by atoms with E-state index in [2.05, 4.69) is 25.0 Å². The minimum absolute atomic E-state index is 0.0758. The molecule has 8 nitrogen and oxygen atoms in total. The molecule has 2 aromatic rings. The van der Waals surface area contributed by atoms with Gasteiger partial charge >= 0.3 is 12.2 Å². The monoisotopic (exact) mass is 446 g/mol. The number of benzene rings is 1. The van der Waals surface area contributed by atoms with Gasteiger partial charge in [0.2, 0.25) is 17.8 Å². The molecule has 168 valence electrons. The molecule has 2 heterocycles. The molecule has 0 radical (unpaired) electrons. The Labute approximate surface area is 174 Å². The number of rotatable bonds is 6. The zero-order chi connectivity index (χ0) is 22.8. The highest BCUT2D eigenvalue weighted by Gasteiger charge is 2.30. The number of amides is 1. The molecular formula is C18H19F5N6O2. The Balaban J connectivity index is 1.90. The maximum Gasteiger partial charge on any atom is 0.422 e. The molecule has 31 heavy (non-hydrogen) atoms. The number of carbonyl (C=O) groups is 1. The number of piperazine rings is 1. The van der Waals surface area contributed by atoms with Crippen molar-refractivity contribution < 1.29 is 31.5 Å². The number of ether oxygens (including phenoxy) is 1. The Kier molecular flexibility index (Phi) is 6.13. The Morgan fingerprint density at radius 1 is 1.13 bits per heavy atom. The molecule has 0 aliphatic carbocycles. The van der Waals surface area contributed by atoms with Crippen LogP contribution in [-0.2, 0) is 10.7 Å². The number of carbonyl (C=O) groups excluding carboxylic acids is 1. The first-order valence-corrected chi connectivity index (χ1v) is 9.11. The third-order valence-corrected chi connectivity index (χ3v) is 4.33. The first-order chi connectivity index (χ1) is 14.4. The molecule has 1 fully saturated rings. The van der Waals surface area contributed by atoms with E-state index in [0.29, 0.717) is 13.1 Å². The zero-order valence-electron chi connectivity index (χ0n) is 16.6. The van der Waals surface area contributed by atoms with E-state index in [0.717, 1.165) is 6.92 Å². The van der Waals surface area contributed by atoms with E-state index in [-0.39, 0.29) is 35.6 Å². The van der Waals surface area contributed by atoms with Crippen LogP contribution in [0.5, 0.6) is 6.01 Å². The highest BCUT2D eigenvalue weighted by Crippen LogP contribution is 2.29. The Bertz CT molecular complexity index is 950. The summed E-state index contributed by atoms with van der Waals surface area (Å²) in [5, 5.41) is 2.67. The standard InChI is InChI=1S/C18H19F5N6O2/c1-17(19,20)11-4-3-5-12(8-11)24-14-25-15(29-7-6-28(2)13(30)9-29)27-16(26-14)31-10-18(21,22)23/h3-5,8H,6-7,9-10H2,1-2H3,(H,24,25,26,27). The zero-order valence-corrected chi connectivity index (χ0v) is 16.6. The van der Waals surface area contributed by atoms with Crippen LogP contribution in [-0.4, -0.2) is 65.2 Å². The van der Waals surface area contributed by atoms with Gasteiger partial charge in [-0.1, -0.05) is 12.1 Å². The third-order valence-electron chi connectivity index (χ3n) is 4.33. The van der Waals surface area contributed by atoms with Crippen LogP contribution in [0.15, 0.2) is 24.3 Å². The second-order valence-corrected chi connectivity index (χ2v) is 6.98. The molecule has 1 saturated heterocycles. The summed E-state index contributed by atoms with van der Waals surface area (Å²) in [6.45, 7) is -0.284.